The van der Waals surface area contributed by atoms with E-state index < -0.39 is 0 Å². The second kappa shape index (κ2) is 7.02. The van der Waals surface area contributed by atoms with Crippen molar-refractivity contribution in [1.82, 2.24) is 19.2 Å². The van der Waals surface area contributed by atoms with Crippen LogP contribution in [0.5, 0.6) is 0 Å². The molecular formula is C20H14Cl2N4O. The van der Waals surface area contributed by atoms with Crippen molar-refractivity contribution >= 4 is 41.0 Å². The van der Waals surface area contributed by atoms with Crippen LogP contribution < -0.4 is 5.56 Å². The summed E-state index contributed by atoms with van der Waals surface area (Å²) in [7, 11) is 0. The monoisotopic (exact) mass is 396 g/mol. The molecule has 0 saturated carbocycles. The predicted molar refractivity (Wildman–Crippen MR) is 109 cm³/mol. The van der Waals surface area contributed by atoms with Crippen LogP contribution >= 0.6 is 23.2 Å². The highest BCUT2D eigenvalue weighted by atomic mass is 35.5. The van der Waals surface area contributed by atoms with Crippen LogP contribution in [0.15, 0.2) is 59.8 Å². The maximum absolute atomic E-state index is 12.8. The van der Waals surface area contributed by atoms with Crippen molar-refractivity contribution in [2.75, 3.05) is 0 Å². The molecule has 3 aromatic heterocycles. The summed E-state index contributed by atoms with van der Waals surface area (Å²) in [5.41, 5.74) is 3.38. The molecule has 0 saturated heterocycles. The van der Waals surface area contributed by atoms with Gasteiger partial charge in [-0.15, -0.1) is 0 Å². The zero-order chi connectivity index (χ0) is 19.0. The molecule has 0 aliphatic carbocycles. The van der Waals surface area contributed by atoms with Crippen LogP contribution in [0.1, 0.15) is 16.8 Å². The molecule has 7 heteroatoms. The van der Waals surface area contributed by atoms with Gasteiger partial charge < -0.3 is 0 Å². The Labute approximate surface area is 165 Å². The predicted octanol–water partition coefficient (Wildman–Crippen LogP) is 4.67. The van der Waals surface area contributed by atoms with Crippen molar-refractivity contribution in [2.24, 2.45) is 0 Å². The Bertz CT molecular complexity index is 1230. The van der Waals surface area contributed by atoms with Crippen molar-refractivity contribution in [1.29, 1.82) is 0 Å². The van der Waals surface area contributed by atoms with Gasteiger partial charge in [0.25, 0.3) is 5.56 Å². The van der Waals surface area contributed by atoms with Gasteiger partial charge in [0, 0.05) is 35.2 Å². The van der Waals surface area contributed by atoms with Crippen LogP contribution in [0.25, 0.3) is 23.5 Å². The van der Waals surface area contributed by atoms with Crippen LogP contribution in [0.4, 0.5) is 0 Å². The second-order valence-electron chi connectivity index (χ2n) is 6.03. The molecule has 0 fully saturated rings. The van der Waals surface area contributed by atoms with E-state index in [2.05, 4.69) is 9.97 Å². The fraction of sp³-hybridized carbons (Fsp3) is 0.0500. The molecule has 27 heavy (non-hydrogen) atoms. The number of benzene rings is 1. The van der Waals surface area contributed by atoms with Gasteiger partial charge in [0.2, 0.25) is 0 Å². The van der Waals surface area contributed by atoms with Gasteiger partial charge in [-0.2, -0.15) is 4.52 Å². The minimum atomic E-state index is -0.204. The van der Waals surface area contributed by atoms with Gasteiger partial charge in [-0.3, -0.25) is 14.5 Å². The summed E-state index contributed by atoms with van der Waals surface area (Å²) in [6, 6.07) is 10.4. The highest BCUT2D eigenvalue weighted by Crippen LogP contribution is 2.25. The van der Waals surface area contributed by atoms with E-state index in [0.29, 0.717) is 27.1 Å². The van der Waals surface area contributed by atoms with Crippen molar-refractivity contribution in [3.63, 3.8) is 0 Å². The maximum atomic E-state index is 12.8. The normalized spacial score (nSPS) is 11.5. The topological polar surface area (TPSA) is 52.2 Å². The van der Waals surface area contributed by atoms with Gasteiger partial charge >= 0.3 is 0 Å². The molecule has 0 atom stereocenters. The number of pyridine rings is 1. The molecular weight excluding hydrogens is 383 g/mol. The van der Waals surface area contributed by atoms with Crippen LogP contribution in [-0.4, -0.2) is 19.2 Å². The highest BCUT2D eigenvalue weighted by molar-refractivity contribution is 6.35. The number of rotatable bonds is 3. The van der Waals surface area contributed by atoms with E-state index in [9.17, 15) is 4.79 Å². The molecule has 0 N–H and O–H groups in total. The number of halogens is 2. The van der Waals surface area contributed by atoms with Crippen LogP contribution in [0.2, 0.25) is 10.0 Å². The third-order valence-electron chi connectivity index (χ3n) is 4.09. The maximum Gasteiger partial charge on any atom is 0.273 e. The Hall–Kier alpha value is -2.89. The molecule has 0 radical (unpaired) electrons. The molecule has 0 aliphatic heterocycles. The van der Waals surface area contributed by atoms with Gasteiger partial charge in [-0.25, -0.2) is 4.98 Å². The summed E-state index contributed by atoms with van der Waals surface area (Å²) >= 11 is 12.3. The number of nitrogens with zero attached hydrogens (tertiary/aromatic N) is 4. The van der Waals surface area contributed by atoms with Crippen molar-refractivity contribution in [2.45, 2.75) is 6.92 Å². The molecule has 134 valence electrons. The SMILES string of the molecule is Cc1cn(-c2ccc(Cl)cc2Cl)n2c(=O)cc(/C=C/c3cccnc3)nc12. The van der Waals surface area contributed by atoms with Crippen LogP contribution in [-0.2, 0) is 0 Å². The van der Waals surface area contributed by atoms with Crippen LogP contribution in [0, 0.1) is 6.92 Å². The highest BCUT2D eigenvalue weighted by Gasteiger charge is 2.13. The smallest absolute Gasteiger partial charge is 0.267 e. The lowest BCUT2D eigenvalue weighted by Crippen LogP contribution is -2.20. The molecule has 1 aromatic carbocycles. The number of hydrogen-bond acceptors (Lipinski definition) is 3. The first-order chi connectivity index (χ1) is 13.0. The van der Waals surface area contributed by atoms with E-state index in [0.717, 1.165) is 11.1 Å². The molecule has 0 unspecified atom stereocenters. The van der Waals surface area contributed by atoms with E-state index in [1.165, 1.54) is 10.6 Å². The number of aromatic nitrogens is 4. The Morgan fingerprint density at radius 3 is 2.70 bits per heavy atom. The first-order valence-corrected chi connectivity index (χ1v) is 8.94. The minimum Gasteiger partial charge on any atom is -0.267 e. The van der Waals surface area contributed by atoms with Gasteiger partial charge in [0.1, 0.15) is 0 Å². The average Bonchev–Trinajstić information content (AvgIpc) is 2.98. The van der Waals surface area contributed by atoms with E-state index in [1.807, 2.05) is 31.3 Å². The first-order valence-electron chi connectivity index (χ1n) is 8.18. The molecule has 0 amide bonds. The lowest BCUT2D eigenvalue weighted by Gasteiger charge is -2.08. The molecule has 5 nitrogen and oxygen atoms in total. The summed E-state index contributed by atoms with van der Waals surface area (Å²) < 4.78 is 3.18. The van der Waals surface area contributed by atoms with Gasteiger partial charge in [-0.05, 0) is 42.8 Å². The van der Waals surface area contributed by atoms with Crippen molar-refractivity contribution in [3.8, 4) is 5.69 Å². The molecule has 4 rings (SSSR count). The molecule has 0 aliphatic rings. The summed E-state index contributed by atoms with van der Waals surface area (Å²) in [5, 5.41) is 0.983. The summed E-state index contributed by atoms with van der Waals surface area (Å²) in [6.07, 6.45) is 8.94. The van der Waals surface area contributed by atoms with Gasteiger partial charge in [0.15, 0.2) is 5.65 Å². The third kappa shape index (κ3) is 3.39. The van der Waals surface area contributed by atoms with E-state index in [4.69, 9.17) is 23.2 Å². The average molecular weight is 397 g/mol. The Kier molecular flexibility index (Phi) is 4.56. The lowest BCUT2D eigenvalue weighted by atomic mass is 10.2. The van der Waals surface area contributed by atoms with Crippen LogP contribution in [0.3, 0.4) is 0 Å². The first kappa shape index (κ1) is 17.5. The van der Waals surface area contributed by atoms with Crippen molar-refractivity contribution < 1.29 is 0 Å². The summed E-state index contributed by atoms with van der Waals surface area (Å²) in [6.45, 7) is 1.90. The minimum absolute atomic E-state index is 0.204. The molecule has 0 bridgehead atoms. The lowest BCUT2D eigenvalue weighted by molar-refractivity contribution is 0.763. The molecule has 3 heterocycles. The van der Waals surface area contributed by atoms with Gasteiger partial charge in [-0.1, -0.05) is 35.3 Å². The summed E-state index contributed by atoms with van der Waals surface area (Å²) in [4.78, 5) is 21.5. The zero-order valence-electron chi connectivity index (χ0n) is 14.3. The second-order valence-corrected chi connectivity index (χ2v) is 6.87. The standard InChI is InChI=1S/C20H14Cl2N4O/c1-13-12-25(18-7-5-15(21)9-17(18)22)26-19(27)10-16(24-20(13)26)6-4-14-3-2-8-23-11-14/h2-12H,1H3/b6-4+. The molecule has 4 aromatic rings. The summed E-state index contributed by atoms with van der Waals surface area (Å²) in [5.74, 6) is 0. The fourth-order valence-corrected chi connectivity index (χ4v) is 3.34. The largest absolute Gasteiger partial charge is 0.273 e. The quantitative estimate of drug-likeness (QED) is 0.505. The number of fused-ring (bicyclic) bond motifs is 1. The fourth-order valence-electron chi connectivity index (χ4n) is 2.84. The molecule has 0 spiro atoms. The Morgan fingerprint density at radius 1 is 1.11 bits per heavy atom. The number of aryl methyl sites for hydroxylation is 1. The Morgan fingerprint density at radius 2 is 1.96 bits per heavy atom. The number of hydrogen-bond donors (Lipinski definition) is 0. The van der Waals surface area contributed by atoms with E-state index in [1.54, 1.807) is 41.4 Å². The van der Waals surface area contributed by atoms with E-state index in [-0.39, 0.29) is 5.56 Å². The third-order valence-corrected chi connectivity index (χ3v) is 4.63. The Balaban J connectivity index is 1.84. The zero-order valence-corrected chi connectivity index (χ0v) is 15.8. The van der Waals surface area contributed by atoms with E-state index >= 15 is 0 Å². The van der Waals surface area contributed by atoms with Gasteiger partial charge in [0.05, 0.1) is 16.4 Å². The van der Waals surface area contributed by atoms with Crippen molar-refractivity contribution in [3.05, 3.63) is 92.2 Å².